The molecule has 0 radical (unpaired) electrons. The third-order valence-electron chi connectivity index (χ3n) is 3.22. The van der Waals surface area contributed by atoms with Gasteiger partial charge in [0.1, 0.15) is 0 Å². The number of nitrogens with zero attached hydrogens (tertiary/aromatic N) is 3. The Labute approximate surface area is 119 Å². The molecule has 0 atom stereocenters. The molecule has 1 aromatic carbocycles. The van der Waals surface area contributed by atoms with Crippen LogP contribution < -0.4 is 10.9 Å². The quantitative estimate of drug-likeness (QED) is 0.763. The van der Waals surface area contributed by atoms with Crippen LogP contribution in [0.15, 0.2) is 35.3 Å². The Morgan fingerprint density at radius 2 is 2.05 bits per heavy atom. The topological polar surface area (TPSA) is 50.2 Å². The minimum atomic E-state index is -0.0428. The molecule has 0 saturated heterocycles. The van der Waals surface area contributed by atoms with Crippen molar-refractivity contribution in [2.24, 2.45) is 0 Å². The summed E-state index contributed by atoms with van der Waals surface area (Å²) in [6.45, 7) is 3.51. The lowest BCUT2D eigenvalue weighted by Gasteiger charge is -2.11. The summed E-state index contributed by atoms with van der Waals surface area (Å²) in [4.78, 5) is 18.2. The summed E-state index contributed by atoms with van der Waals surface area (Å²) in [5.74, 6) is 0. The summed E-state index contributed by atoms with van der Waals surface area (Å²) in [6.07, 6.45) is 2.51. The van der Waals surface area contributed by atoms with Gasteiger partial charge in [-0.05, 0) is 45.7 Å². The maximum atomic E-state index is 11.9. The molecule has 5 nitrogen and oxygen atoms in total. The Morgan fingerprint density at radius 3 is 2.85 bits per heavy atom. The number of para-hydroxylation sites is 2. The molecule has 0 amide bonds. The normalized spacial score (nSPS) is 11.3. The van der Waals surface area contributed by atoms with Crippen molar-refractivity contribution in [1.82, 2.24) is 19.8 Å². The van der Waals surface area contributed by atoms with Crippen LogP contribution in [0, 0.1) is 0 Å². The van der Waals surface area contributed by atoms with Crippen molar-refractivity contribution in [1.29, 1.82) is 0 Å². The molecule has 108 valence electrons. The van der Waals surface area contributed by atoms with Gasteiger partial charge in [0.05, 0.1) is 17.2 Å². The summed E-state index contributed by atoms with van der Waals surface area (Å²) >= 11 is 0. The highest BCUT2D eigenvalue weighted by Crippen LogP contribution is 2.07. The Bertz CT molecular complexity index is 606. The van der Waals surface area contributed by atoms with Crippen molar-refractivity contribution in [3.8, 4) is 0 Å². The smallest absolute Gasteiger partial charge is 0.269 e. The zero-order valence-electron chi connectivity index (χ0n) is 12.2. The van der Waals surface area contributed by atoms with E-state index in [-0.39, 0.29) is 5.56 Å². The first kappa shape index (κ1) is 14.7. The highest BCUT2D eigenvalue weighted by atomic mass is 16.1. The summed E-state index contributed by atoms with van der Waals surface area (Å²) in [6, 6.07) is 7.74. The van der Waals surface area contributed by atoms with Gasteiger partial charge in [-0.15, -0.1) is 0 Å². The second kappa shape index (κ2) is 7.17. The minimum Gasteiger partial charge on any atom is -0.315 e. The molecule has 1 N–H and O–H groups in total. The van der Waals surface area contributed by atoms with Crippen LogP contribution in [0.3, 0.4) is 0 Å². The first-order valence-electron chi connectivity index (χ1n) is 6.98. The van der Waals surface area contributed by atoms with Crippen molar-refractivity contribution >= 4 is 11.0 Å². The van der Waals surface area contributed by atoms with Crippen LogP contribution in [0.5, 0.6) is 0 Å². The van der Waals surface area contributed by atoms with Gasteiger partial charge in [-0.1, -0.05) is 12.1 Å². The van der Waals surface area contributed by atoms with Crippen LogP contribution in [0.2, 0.25) is 0 Å². The zero-order valence-corrected chi connectivity index (χ0v) is 12.2. The van der Waals surface area contributed by atoms with Crippen molar-refractivity contribution < 1.29 is 0 Å². The molecule has 0 unspecified atom stereocenters. The molecule has 1 aromatic heterocycles. The lowest BCUT2D eigenvalue weighted by atomic mass is 10.3. The van der Waals surface area contributed by atoms with Gasteiger partial charge < -0.3 is 14.8 Å². The van der Waals surface area contributed by atoms with E-state index in [0.717, 1.165) is 37.1 Å². The van der Waals surface area contributed by atoms with Crippen molar-refractivity contribution in [2.75, 3.05) is 33.7 Å². The first-order chi connectivity index (χ1) is 9.68. The summed E-state index contributed by atoms with van der Waals surface area (Å²) in [5, 5.41) is 3.37. The van der Waals surface area contributed by atoms with Gasteiger partial charge >= 0.3 is 0 Å². The average Bonchev–Trinajstić information content (AvgIpc) is 2.44. The molecule has 0 spiro atoms. The molecule has 0 fully saturated rings. The third-order valence-corrected chi connectivity index (χ3v) is 3.22. The number of fused-ring (bicyclic) bond motifs is 1. The number of benzene rings is 1. The number of rotatable bonds is 7. The van der Waals surface area contributed by atoms with Gasteiger partial charge in [0.15, 0.2) is 0 Å². The molecule has 0 aliphatic carbocycles. The van der Waals surface area contributed by atoms with Crippen LogP contribution in [0.4, 0.5) is 0 Å². The van der Waals surface area contributed by atoms with E-state index in [2.05, 4.69) is 29.3 Å². The maximum Gasteiger partial charge on any atom is 0.269 e. The second-order valence-corrected chi connectivity index (χ2v) is 5.14. The number of hydrogen-bond donors (Lipinski definition) is 1. The van der Waals surface area contributed by atoms with Gasteiger partial charge in [0.25, 0.3) is 5.56 Å². The van der Waals surface area contributed by atoms with E-state index in [4.69, 9.17) is 0 Å². The molecule has 0 saturated carbocycles. The predicted octanol–water partition coefficient (Wildman–Crippen LogP) is 0.938. The summed E-state index contributed by atoms with van der Waals surface area (Å²) in [7, 11) is 4.14. The van der Waals surface area contributed by atoms with E-state index in [1.165, 1.54) is 6.20 Å². The van der Waals surface area contributed by atoms with Crippen LogP contribution in [-0.2, 0) is 6.54 Å². The fourth-order valence-corrected chi connectivity index (χ4v) is 2.18. The van der Waals surface area contributed by atoms with Crippen molar-refractivity contribution in [3.63, 3.8) is 0 Å². The van der Waals surface area contributed by atoms with Gasteiger partial charge in [-0.2, -0.15) is 0 Å². The van der Waals surface area contributed by atoms with Crippen molar-refractivity contribution in [2.45, 2.75) is 13.0 Å². The fraction of sp³-hybridized carbons (Fsp3) is 0.467. The largest absolute Gasteiger partial charge is 0.315 e. The minimum absolute atomic E-state index is 0.0428. The van der Waals surface area contributed by atoms with E-state index in [1.54, 1.807) is 4.57 Å². The number of hydrogen-bond acceptors (Lipinski definition) is 4. The number of nitrogens with one attached hydrogen (secondary N) is 1. The lowest BCUT2D eigenvalue weighted by Crippen LogP contribution is -2.29. The SMILES string of the molecule is CN(C)CCCNCCn1c(=O)cnc2ccccc21. The lowest BCUT2D eigenvalue weighted by molar-refractivity contribution is 0.393. The maximum absolute atomic E-state index is 11.9. The molecule has 5 heteroatoms. The summed E-state index contributed by atoms with van der Waals surface area (Å²) < 4.78 is 1.78. The Balaban J connectivity index is 1.93. The third kappa shape index (κ3) is 3.88. The second-order valence-electron chi connectivity index (χ2n) is 5.14. The molecule has 0 bridgehead atoms. The highest BCUT2D eigenvalue weighted by molar-refractivity contribution is 5.74. The van der Waals surface area contributed by atoms with Crippen molar-refractivity contribution in [3.05, 3.63) is 40.8 Å². The van der Waals surface area contributed by atoms with E-state index in [0.29, 0.717) is 6.54 Å². The highest BCUT2D eigenvalue weighted by Gasteiger charge is 2.02. The van der Waals surface area contributed by atoms with Gasteiger partial charge in [0.2, 0.25) is 0 Å². The Kier molecular flexibility index (Phi) is 5.26. The molecule has 1 heterocycles. The number of aromatic nitrogens is 2. The Hall–Kier alpha value is -1.72. The predicted molar refractivity (Wildman–Crippen MR) is 82.0 cm³/mol. The van der Waals surface area contributed by atoms with Gasteiger partial charge in [-0.25, -0.2) is 4.98 Å². The molecule has 20 heavy (non-hydrogen) atoms. The van der Waals surface area contributed by atoms with E-state index < -0.39 is 0 Å². The van der Waals surface area contributed by atoms with Crippen LogP contribution >= 0.6 is 0 Å². The molecule has 0 aliphatic rings. The van der Waals surface area contributed by atoms with Crippen LogP contribution in [0.1, 0.15) is 6.42 Å². The molecular formula is C15H22N4O. The van der Waals surface area contributed by atoms with E-state index in [9.17, 15) is 4.79 Å². The molecule has 2 aromatic rings. The van der Waals surface area contributed by atoms with Gasteiger partial charge in [0, 0.05) is 13.1 Å². The monoisotopic (exact) mass is 274 g/mol. The Morgan fingerprint density at radius 1 is 1.25 bits per heavy atom. The van der Waals surface area contributed by atoms with Gasteiger partial charge in [-0.3, -0.25) is 4.79 Å². The van der Waals surface area contributed by atoms with E-state index in [1.807, 2.05) is 24.3 Å². The van der Waals surface area contributed by atoms with Crippen LogP contribution in [-0.4, -0.2) is 48.2 Å². The molecule has 0 aliphatic heterocycles. The van der Waals surface area contributed by atoms with Crippen LogP contribution in [0.25, 0.3) is 11.0 Å². The molecular weight excluding hydrogens is 252 g/mol. The van der Waals surface area contributed by atoms with E-state index >= 15 is 0 Å². The standard InChI is InChI=1S/C15H22N4O/c1-18(2)10-5-8-16-9-11-19-14-7-4-3-6-13(14)17-12-15(19)20/h3-4,6-7,12,16H,5,8-11H2,1-2H3. The summed E-state index contributed by atoms with van der Waals surface area (Å²) in [5.41, 5.74) is 1.72. The fourth-order valence-electron chi connectivity index (χ4n) is 2.18. The molecule has 2 rings (SSSR count). The first-order valence-corrected chi connectivity index (χ1v) is 6.98. The average molecular weight is 274 g/mol. The zero-order chi connectivity index (χ0) is 14.4.